The molecule has 1 aliphatic heterocycles. The molecule has 9 heteroatoms. The SMILES string of the molecule is CC1(C)O[C@@H]2C[C@H]3[C@@H]4CCC5=CC(=O)C=C[C@]5(C)[C@@]4(F)[C@@H](O)C[C@]3(C)[C@]2(C(=O)COC(=O)C2CC(N)C2)O1. The second-order valence-corrected chi connectivity index (χ2v) is 13.3. The third-order valence-electron chi connectivity index (χ3n) is 10.9. The van der Waals surface area contributed by atoms with Gasteiger partial charge in [0.1, 0.15) is 0 Å². The minimum Gasteiger partial charge on any atom is -0.457 e. The summed E-state index contributed by atoms with van der Waals surface area (Å²) < 4.78 is 35.6. The molecule has 6 aliphatic rings. The van der Waals surface area contributed by atoms with Crippen LogP contribution in [0.1, 0.15) is 66.2 Å². The summed E-state index contributed by atoms with van der Waals surface area (Å²) >= 11 is 0. The molecule has 0 aromatic carbocycles. The molecule has 8 nitrogen and oxygen atoms in total. The second kappa shape index (κ2) is 8.05. The summed E-state index contributed by atoms with van der Waals surface area (Å²) in [6.45, 7) is 6.66. The van der Waals surface area contributed by atoms with Gasteiger partial charge in [-0.25, -0.2) is 4.39 Å². The molecule has 8 atom stereocenters. The molecule has 0 bridgehead atoms. The summed E-state index contributed by atoms with van der Waals surface area (Å²) in [6.07, 6.45) is 4.83. The molecule has 3 N–H and O–H groups in total. The van der Waals surface area contributed by atoms with Gasteiger partial charge < -0.3 is 25.1 Å². The van der Waals surface area contributed by atoms with E-state index >= 15 is 4.39 Å². The Morgan fingerprint density at radius 2 is 1.89 bits per heavy atom. The number of allylic oxidation sites excluding steroid dienone is 4. The van der Waals surface area contributed by atoms with Crippen molar-refractivity contribution in [3.8, 4) is 0 Å². The first-order valence-corrected chi connectivity index (χ1v) is 13.8. The number of aliphatic hydroxyl groups is 1. The molecule has 5 aliphatic carbocycles. The van der Waals surface area contributed by atoms with Gasteiger partial charge >= 0.3 is 5.97 Å². The monoisotopic (exact) mass is 531 g/mol. The number of rotatable bonds is 4. The number of alkyl halides is 1. The third-order valence-corrected chi connectivity index (χ3v) is 10.9. The number of Topliss-reactive ketones (excluding diaryl/α,β-unsaturated/α-hetero) is 1. The van der Waals surface area contributed by atoms with E-state index in [0.717, 1.165) is 0 Å². The Morgan fingerprint density at radius 3 is 2.58 bits per heavy atom. The van der Waals surface area contributed by atoms with Crippen molar-refractivity contribution < 1.29 is 38.1 Å². The fraction of sp³-hybridized carbons (Fsp3) is 0.759. The van der Waals surface area contributed by atoms with Gasteiger partial charge in [-0.1, -0.05) is 18.6 Å². The molecule has 1 saturated heterocycles. The predicted octanol–water partition coefficient (Wildman–Crippen LogP) is 2.71. The number of esters is 1. The zero-order chi connectivity index (χ0) is 27.5. The van der Waals surface area contributed by atoms with Gasteiger partial charge in [0.15, 0.2) is 29.4 Å². The Hall–Kier alpha value is -1.94. The lowest BCUT2D eigenvalue weighted by atomic mass is 9.44. The number of hydrogen-bond donors (Lipinski definition) is 2. The van der Waals surface area contributed by atoms with E-state index in [1.54, 1.807) is 26.8 Å². The normalized spacial score (nSPS) is 50.2. The molecule has 208 valence electrons. The highest BCUT2D eigenvalue weighted by Crippen LogP contribution is 2.72. The Balaban J connectivity index is 1.35. The van der Waals surface area contributed by atoms with Crippen LogP contribution in [0.5, 0.6) is 0 Å². The summed E-state index contributed by atoms with van der Waals surface area (Å²) in [5, 5.41) is 11.6. The lowest BCUT2D eigenvalue weighted by Crippen LogP contribution is -2.70. The van der Waals surface area contributed by atoms with Crippen molar-refractivity contribution in [2.45, 2.75) is 102 Å². The van der Waals surface area contributed by atoms with Crippen LogP contribution >= 0.6 is 0 Å². The fourth-order valence-electron chi connectivity index (χ4n) is 9.02. The van der Waals surface area contributed by atoms with Crippen molar-refractivity contribution in [2.75, 3.05) is 6.61 Å². The molecule has 0 aromatic rings. The highest BCUT2D eigenvalue weighted by atomic mass is 19.1. The smallest absolute Gasteiger partial charge is 0.309 e. The van der Waals surface area contributed by atoms with E-state index in [-0.39, 0.29) is 30.1 Å². The van der Waals surface area contributed by atoms with Gasteiger partial charge in [-0.2, -0.15) is 0 Å². The molecule has 4 saturated carbocycles. The van der Waals surface area contributed by atoms with E-state index < -0.39 is 64.4 Å². The number of nitrogens with two attached hydrogens (primary N) is 1. The molecule has 5 fully saturated rings. The summed E-state index contributed by atoms with van der Waals surface area (Å²) in [7, 11) is 0. The maximum absolute atomic E-state index is 17.4. The Bertz CT molecular complexity index is 1160. The number of carbonyl (C=O) groups is 3. The molecule has 38 heavy (non-hydrogen) atoms. The molecular weight excluding hydrogens is 493 g/mol. The first kappa shape index (κ1) is 26.3. The molecule has 6 rings (SSSR count). The van der Waals surface area contributed by atoms with Gasteiger partial charge in [0.2, 0.25) is 5.78 Å². The molecule has 0 radical (unpaired) electrons. The zero-order valence-corrected chi connectivity index (χ0v) is 22.5. The van der Waals surface area contributed by atoms with Crippen molar-refractivity contribution in [3.63, 3.8) is 0 Å². The van der Waals surface area contributed by atoms with Gasteiger partial charge in [0.05, 0.1) is 18.1 Å². The first-order chi connectivity index (χ1) is 17.7. The van der Waals surface area contributed by atoms with Crippen LogP contribution in [0.3, 0.4) is 0 Å². The number of ketones is 2. The average Bonchev–Trinajstić information content (AvgIpc) is 3.22. The second-order valence-electron chi connectivity index (χ2n) is 13.3. The highest BCUT2D eigenvalue weighted by Gasteiger charge is 2.80. The summed E-state index contributed by atoms with van der Waals surface area (Å²) in [6, 6.07) is -0.0253. The van der Waals surface area contributed by atoms with Crippen LogP contribution in [-0.4, -0.2) is 64.6 Å². The minimum absolute atomic E-state index is 0.0253. The Kier molecular flexibility index (Phi) is 5.57. The van der Waals surface area contributed by atoms with Crippen molar-refractivity contribution in [1.29, 1.82) is 0 Å². The van der Waals surface area contributed by atoms with Crippen LogP contribution in [0.15, 0.2) is 23.8 Å². The molecular formula is C29H38FNO7. The maximum Gasteiger partial charge on any atom is 0.309 e. The first-order valence-electron chi connectivity index (χ1n) is 13.8. The lowest BCUT2D eigenvalue weighted by molar-refractivity contribution is -0.246. The number of ether oxygens (including phenoxy) is 3. The molecule has 0 spiro atoms. The number of carbonyl (C=O) groups excluding carboxylic acids is 3. The van der Waals surface area contributed by atoms with Gasteiger partial charge in [0, 0.05) is 22.8 Å². The largest absolute Gasteiger partial charge is 0.457 e. The van der Waals surface area contributed by atoms with Crippen molar-refractivity contribution in [2.24, 2.45) is 34.3 Å². The van der Waals surface area contributed by atoms with E-state index in [9.17, 15) is 19.5 Å². The average molecular weight is 532 g/mol. The van der Waals surface area contributed by atoms with Crippen molar-refractivity contribution in [1.82, 2.24) is 0 Å². The van der Waals surface area contributed by atoms with E-state index in [1.807, 2.05) is 6.92 Å². The quantitative estimate of drug-likeness (QED) is 0.531. The van der Waals surface area contributed by atoms with E-state index in [1.165, 1.54) is 12.2 Å². The van der Waals surface area contributed by atoms with Gasteiger partial charge in [-0.05, 0) is 77.4 Å². The number of aliphatic hydroxyl groups excluding tert-OH is 1. The Labute approximate surface area is 222 Å². The zero-order valence-electron chi connectivity index (χ0n) is 22.5. The van der Waals surface area contributed by atoms with Crippen LogP contribution in [0.25, 0.3) is 0 Å². The maximum atomic E-state index is 17.4. The molecule has 0 aromatic heterocycles. The minimum atomic E-state index is -2.02. The standard InChI is InChI=1S/C29H38FNO7/c1-25(2)37-23-12-20-19-6-5-16-11-18(32)7-8-26(16,3)28(19,30)21(33)13-27(20,4)29(23,38-25)22(34)14-36-24(35)15-9-17(31)10-15/h7-8,11,15,17,19-21,23,33H,5-6,9-10,12-14,31H2,1-4H3/t15?,17?,19-,20-,21-,23+,26-,27-,28-,29+/m0/s1. The van der Waals surface area contributed by atoms with Crippen LogP contribution in [0, 0.1) is 28.6 Å². The summed E-state index contributed by atoms with van der Waals surface area (Å²) in [5.41, 5.74) is 0.900. The van der Waals surface area contributed by atoms with E-state index in [4.69, 9.17) is 19.9 Å². The number of fused-ring (bicyclic) bond motifs is 7. The molecule has 0 unspecified atom stereocenters. The van der Waals surface area contributed by atoms with Gasteiger partial charge in [0.25, 0.3) is 0 Å². The topological polar surface area (TPSA) is 125 Å². The number of halogens is 1. The van der Waals surface area contributed by atoms with Crippen LogP contribution < -0.4 is 5.73 Å². The van der Waals surface area contributed by atoms with E-state index in [0.29, 0.717) is 37.7 Å². The predicted molar refractivity (Wildman–Crippen MR) is 133 cm³/mol. The van der Waals surface area contributed by atoms with Crippen molar-refractivity contribution >= 4 is 17.5 Å². The van der Waals surface area contributed by atoms with Gasteiger partial charge in [-0.3, -0.25) is 14.4 Å². The van der Waals surface area contributed by atoms with Crippen molar-refractivity contribution in [3.05, 3.63) is 23.8 Å². The van der Waals surface area contributed by atoms with Crippen LogP contribution in [0.4, 0.5) is 4.39 Å². The summed E-state index contributed by atoms with van der Waals surface area (Å²) in [5.74, 6) is -3.33. The Morgan fingerprint density at radius 1 is 1.18 bits per heavy atom. The van der Waals surface area contributed by atoms with Crippen LogP contribution in [-0.2, 0) is 28.6 Å². The van der Waals surface area contributed by atoms with Gasteiger partial charge in [-0.15, -0.1) is 0 Å². The molecule has 1 heterocycles. The summed E-state index contributed by atoms with van der Waals surface area (Å²) in [4.78, 5) is 38.6. The van der Waals surface area contributed by atoms with E-state index in [2.05, 4.69) is 0 Å². The third kappa shape index (κ3) is 3.19. The molecule has 0 amide bonds. The van der Waals surface area contributed by atoms with Crippen LogP contribution in [0.2, 0.25) is 0 Å². The number of hydrogen-bond acceptors (Lipinski definition) is 8. The fourth-order valence-corrected chi connectivity index (χ4v) is 9.02. The highest BCUT2D eigenvalue weighted by molar-refractivity contribution is 6.01. The lowest BCUT2D eigenvalue weighted by Gasteiger charge is -2.62.